The monoisotopic (exact) mass is 268 g/mol. The highest BCUT2D eigenvalue weighted by Crippen LogP contribution is 2.20. The maximum absolute atomic E-state index is 11.3. The van der Waals surface area contributed by atoms with Crippen LogP contribution in [0.2, 0.25) is 0 Å². The van der Waals surface area contributed by atoms with Crippen LogP contribution in [0, 0.1) is 5.92 Å². The van der Waals surface area contributed by atoms with Crippen molar-refractivity contribution in [1.29, 1.82) is 0 Å². The normalized spacial score (nSPS) is 23.2. The molecule has 0 unspecified atom stereocenters. The van der Waals surface area contributed by atoms with Gasteiger partial charge in [-0.15, -0.1) is 0 Å². The van der Waals surface area contributed by atoms with E-state index in [-0.39, 0.29) is 23.5 Å². The lowest BCUT2D eigenvalue weighted by atomic mass is 10.1. The maximum atomic E-state index is 11.3. The summed E-state index contributed by atoms with van der Waals surface area (Å²) in [6.07, 6.45) is 7.30. The molecule has 0 radical (unpaired) electrons. The zero-order valence-electron chi connectivity index (χ0n) is 10.1. The first kappa shape index (κ1) is 13.0. The second kappa shape index (κ2) is 5.07. The standard InChI is InChI=1S/C12H16N2O3S/c1-18(16,17)11-4-5-12(13-7-11)14-10-3-2-9(6-10)8-15/h2-5,7,9-10,15H,6,8H2,1H3,(H,13,14)/t9-,10+/m0/s1. The molecule has 2 rings (SSSR count). The molecule has 0 aromatic carbocycles. The Morgan fingerprint density at radius 2 is 2.22 bits per heavy atom. The van der Waals surface area contributed by atoms with E-state index in [1.807, 2.05) is 12.2 Å². The Hall–Kier alpha value is -1.40. The van der Waals surface area contributed by atoms with Gasteiger partial charge in [0.05, 0.1) is 4.90 Å². The topological polar surface area (TPSA) is 79.3 Å². The minimum atomic E-state index is -3.20. The summed E-state index contributed by atoms with van der Waals surface area (Å²) in [5, 5.41) is 12.2. The van der Waals surface area contributed by atoms with Gasteiger partial charge in [0.25, 0.3) is 0 Å². The van der Waals surface area contributed by atoms with Gasteiger partial charge in [-0.1, -0.05) is 12.2 Å². The van der Waals surface area contributed by atoms with Gasteiger partial charge in [-0.3, -0.25) is 0 Å². The lowest BCUT2D eigenvalue weighted by Crippen LogP contribution is -2.17. The fraction of sp³-hybridized carbons (Fsp3) is 0.417. The summed E-state index contributed by atoms with van der Waals surface area (Å²) in [7, 11) is -3.20. The number of pyridine rings is 1. The summed E-state index contributed by atoms with van der Waals surface area (Å²) in [5.74, 6) is 0.827. The predicted molar refractivity (Wildman–Crippen MR) is 69.1 cm³/mol. The minimum Gasteiger partial charge on any atom is -0.396 e. The van der Waals surface area contributed by atoms with Crippen LogP contribution in [0.3, 0.4) is 0 Å². The third-order valence-electron chi connectivity index (χ3n) is 2.90. The van der Waals surface area contributed by atoms with Crippen LogP contribution in [0.15, 0.2) is 35.4 Å². The summed E-state index contributed by atoms with van der Waals surface area (Å²) < 4.78 is 22.5. The summed E-state index contributed by atoms with van der Waals surface area (Å²) in [5.41, 5.74) is 0. The van der Waals surface area contributed by atoms with Gasteiger partial charge in [0.15, 0.2) is 9.84 Å². The van der Waals surface area contributed by atoms with Gasteiger partial charge in [0.1, 0.15) is 5.82 Å². The Morgan fingerprint density at radius 1 is 1.44 bits per heavy atom. The molecule has 18 heavy (non-hydrogen) atoms. The fourth-order valence-electron chi connectivity index (χ4n) is 1.89. The number of aromatic nitrogens is 1. The lowest BCUT2D eigenvalue weighted by Gasteiger charge is -2.13. The molecule has 0 saturated heterocycles. The van der Waals surface area contributed by atoms with Crippen LogP contribution in [0.5, 0.6) is 0 Å². The number of nitrogens with one attached hydrogen (secondary N) is 1. The maximum Gasteiger partial charge on any atom is 0.177 e. The van der Waals surface area contributed by atoms with Gasteiger partial charge in [-0.2, -0.15) is 0 Å². The minimum absolute atomic E-state index is 0.138. The quantitative estimate of drug-likeness (QED) is 0.791. The molecule has 98 valence electrons. The molecule has 1 aromatic heterocycles. The van der Waals surface area contributed by atoms with Crippen molar-refractivity contribution in [2.45, 2.75) is 17.4 Å². The van der Waals surface area contributed by atoms with Crippen LogP contribution in [-0.2, 0) is 9.84 Å². The van der Waals surface area contributed by atoms with E-state index >= 15 is 0 Å². The van der Waals surface area contributed by atoms with E-state index < -0.39 is 9.84 Å². The molecule has 0 aliphatic heterocycles. The number of sulfone groups is 1. The molecule has 0 saturated carbocycles. The fourth-order valence-corrected chi connectivity index (χ4v) is 2.45. The van der Waals surface area contributed by atoms with E-state index in [2.05, 4.69) is 10.3 Å². The lowest BCUT2D eigenvalue weighted by molar-refractivity contribution is 0.250. The van der Waals surface area contributed by atoms with Crippen LogP contribution >= 0.6 is 0 Å². The first-order valence-corrected chi connectivity index (χ1v) is 7.60. The Balaban J connectivity index is 2.02. The second-order valence-corrected chi connectivity index (χ2v) is 6.48. The van der Waals surface area contributed by atoms with E-state index in [1.54, 1.807) is 6.07 Å². The van der Waals surface area contributed by atoms with Gasteiger partial charge >= 0.3 is 0 Å². The van der Waals surface area contributed by atoms with Gasteiger partial charge in [-0.05, 0) is 18.6 Å². The highest BCUT2D eigenvalue weighted by molar-refractivity contribution is 7.90. The molecule has 1 aliphatic rings. The number of rotatable bonds is 4. The molecule has 2 N–H and O–H groups in total. The van der Waals surface area contributed by atoms with Crippen molar-refractivity contribution < 1.29 is 13.5 Å². The van der Waals surface area contributed by atoms with Gasteiger partial charge in [-0.25, -0.2) is 13.4 Å². The number of nitrogens with zero attached hydrogens (tertiary/aromatic N) is 1. The average molecular weight is 268 g/mol. The molecule has 0 spiro atoms. The molecule has 1 aliphatic carbocycles. The number of aliphatic hydroxyl groups excluding tert-OH is 1. The van der Waals surface area contributed by atoms with Crippen molar-refractivity contribution in [2.24, 2.45) is 5.92 Å². The highest BCUT2D eigenvalue weighted by Gasteiger charge is 2.18. The molecule has 0 bridgehead atoms. The van der Waals surface area contributed by atoms with Gasteiger partial charge in [0.2, 0.25) is 0 Å². The molecule has 1 heterocycles. The smallest absolute Gasteiger partial charge is 0.177 e. The first-order chi connectivity index (χ1) is 8.49. The molecule has 0 fully saturated rings. The van der Waals surface area contributed by atoms with Crippen LogP contribution in [0.4, 0.5) is 5.82 Å². The number of hydrogen-bond donors (Lipinski definition) is 2. The Morgan fingerprint density at radius 3 is 2.72 bits per heavy atom. The van der Waals surface area contributed by atoms with Crippen molar-refractivity contribution in [3.63, 3.8) is 0 Å². The molecule has 6 heteroatoms. The summed E-state index contributed by atoms with van der Waals surface area (Å²) in [6.45, 7) is 0.148. The van der Waals surface area contributed by atoms with Crippen molar-refractivity contribution in [3.05, 3.63) is 30.5 Å². The summed E-state index contributed by atoms with van der Waals surface area (Å²) >= 11 is 0. The first-order valence-electron chi connectivity index (χ1n) is 5.71. The molecule has 1 aromatic rings. The molecule has 2 atom stereocenters. The van der Waals surface area contributed by atoms with Crippen molar-refractivity contribution in [3.8, 4) is 0 Å². The zero-order chi connectivity index (χ0) is 13.2. The van der Waals surface area contributed by atoms with E-state index in [1.165, 1.54) is 12.3 Å². The zero-order valence-corrected chi connectivity index (χ0v) is 10.9. The van der Waals surface area contributed by atoms with Crippen LogP contribution < -0.4 is 5.32 Å². The van der Waals surface area contributed by atoms with Crippen molar-refractivity contribution in [2.75, 3.05) is 18.2 Å². The van der Waals surface area contributed by atoms with Crippen molar-refractivity contribution in [1.82, 2.24) is 4.98 Å². The van der Waals surface area contributed by atoms with Gasteiger partial charge in [0, 0.05) is 31.0 Å². The Kier molecular flexibility index (Phi) is 3.68. The van der Waals surface area contributed by atoms with Crippen molar-refractivity contribution >= 4 is 15.7 Å². The Bertz CT molecular complexity index is 537. The SMILES string of the molecule is CS(=O)(=O)c1ccc(N[C@@H]2C=C[C@H](CO)C2)nc1. The van der Waals surface area contributed by atoms with Crippen LogP contribution in [0.25, 0.3) is 0 Å². The molecular weight excluding hydrogens is 252 g/mol. The molecule has 5 nitrogen and oxygen atoms in total. The summed E-state index contributed by atoms with van der Waals surface area (Å²) in [6, 6.07) is 3.32. The highest BCUT2D eigenvalue weighted by atomic mass is 32.2. The summed E-state index contributed by atoms with van der Waals surface area (Å²) in [4.78, 5) is 4.28. The van der Waals surface area contributed by atoms with E-state index in [9.17, 15) is 8.42 Å². The van der Waals surface area contributed by atoms with E-state index in [4.69, 9.17) is 5.11 Å². The van der Waals surface area contributed by atoms with E-state index in [0.717, 1.165) is 12.7 Å². The van der Waals surface area contributed by atoms with Crippen LogP contribution in [-0.4, -0.2) is 37.4 Å². The second-order valence-electron chi connectivity index (χ2n) is 4.47. The number of hydrogen-bond acceptors (Lipinski definition) is 5. The van der Waals surface area contributed by atoms with E-state index in [0.29, 0.717) is 5.82 Å². The Labute approximate surface area is 106 Å². The van der Waals surface area contributed by atoms with Gasteiger partial charge < -0.3 is 10.4 Å². The number of aliphatic hydroxyl groups is 1. The number of anilines is 1. The predicted octanol–water partition coefficient (Wildman–Crippen LogP) is 0.834. The molecular formula is C12H16N2O3S. The largest absolute Gasteiger partial charge is 0.396 e. The third kappa shape index (κ3) is 3.08. The van der Waals surface area contributed by atoms with Crippen LogP contribution in [0.1, 0.15) is 6.42 Å². The molecule has 0 amide bonds. The third-order valence-corrected chi connectivity index (χ3v) is 4.00. The average Bonchev–Trinajstić information content (AvgIpc) is 2.76.